The smallest absolute Gasteiger partial charge is 0.263 e. The van der Waals surface area contributed by atoms with E-state index in [-0.39, 0.29) is 26.8 Å². The van der Waals surface area contributed by atoms with Crippen LogP contribution < -0.4 is 4.72 Å². The fourth-order valence-electron chi connectivity index (χ4n) is 2.11. The molecule has 0 unspecified atom stereocenters. The lowest BCUT2D eigenvalue weighted by atomic mass is 10.2. The van der Waals surface area contributed by atoms with Crippen molar-refractivity contribution in [3.63, 3.8) is 0 Å². The van der Waals surface area contributed by atoms with Gasteiger partial charge in [0.05, 0.1) is 11.1 Å². The maximum atomic E-state index is 12.5. The first-order valence-electron chi connectivity index (χ1n) is 7.42. The highest BCUT2D eigenvalue weighted by Gasteiger charge is 2.20. The van der Waals surface area contributed by atoms with Crippen LogP contribution in [0.4, 0.5) is 5.82 Å². The van der Waals surface area contributed by atoms with Crippen molar-refractivity contribution in [1.29, 1.82) is 0 Å². The minimum absolute atomic E-state index is 0.116. The Kier molecular flexibility index (Phi) is 5.96. The van der Waals surface area contributed by atoms with Crippen molar-refractivity contribution in [1.82, 2.24) is 14.9 Å². The maximum absolute atomic E-state index is 12.5. The summed E-state index contributed by atoms with van der Waals surface area (Å²) in [6, 6.07) is 5.67. The van der Waals surface area contributed by atoms with Crippen LogP contribution in [0.2, 0.25) is 0 Å². The molecule has 134 valence electrons. The normalized spacial score (nSPS) is 11.2. The molecule has 0 atom stereocenters. The Morgan fingerprint density at radius 3 is 2.60 bits per heavy atom. The van der Waals surface area contributed by atoms with Gasteiger partial charge in [-0.25, -0.2) is 18.4 Å². The van der Waals surface area contributed by atoms with Gasteiger partial charge in [0.1, 0.15) is 4.60 Å². The van der Waals surface area contributed by atoms with E-state index in [1.54, 1.807) is 11.0 Å². The van der Waals surface area contributed by atoms with Crippen molar-refractivity contribution < 1.29 is 18.3 Å². The summed E-state index contributed by atoms with van der Waals surface area (Å²) in [5.41, 5.74) is 0.262. The molecule has 0 spiro atoms. The van der Waals surface area contributed by atoms with E-state index in [9.17, 15) is 18.3 Å². The van der Waals surface area contributed by atoms with Crippen molar-refractivity contribution in [2.24, 2.45) is 0 Å². The van der Waals surface area contributed by atoms with E-state index in [2.05, 4.69) is 30.6 Å². The molecule has 0 aliphatic rings. The molecule has 10 heteroatoms. The van der Waals surface area contributed by atoms with Crippen LogP contribution in [-0.4, -0.2) is 47.4 Å². The molecule has 1 aromatic carbocycles. The molecule has 2 rings (SSSR count). The summed E-state index contributed by atoms with van der Waals surface area (Å²) in [7, 11) is -4.04. The van der Waals surface area contributed by atoms with Crippen molar-refractivity contribution in [2.75, 3.05) is 17.8 Å². The molecular formula is C15H17BrN4O4S. The van der Waals surface area contributed by atoms with Gasteiger partial charge in [-0.05, 0) is 48.0 Å². The van der Waals surface area contributed by atoms with Gasteiger partial charge in [0, 0.05) is 18.7 Å². The van der Waals surface area contributed by atoms with Crippen molar-refractivity contribution in [3.05, 3.63) is 40.6 Å². The predicted octanol–water partition coefficient (Wildman–Crippen LogP) is 2.23. The molecule has 8 nitrogen and oxygen atoms in total. The highest BCUT2D eigenvalue weighted by atomic mass is 79.9. The Hall–Kier alpha value is -2.20. The Morgan fingerprint density at radius 1 is 1.32 bits per heavy atom. The summed E-state index contributed by atoms with van der Waals surface area (Å²) >= 11 is 3.02. The maximum Gasteiger partial charge on any atom is 0.263 e. The predicted molar refractivity (Wildman–Crippen MR) is 95.9 cm³/mol. The number of anilines is 1. The van der Waals surface area contributed by atoms with Gasteiger partial charge in [-0.15, -0.1) is 0 Å². The zero-order chi connectivity index (χ0) is 18.6. The van der Waals surface area contributed by atoms with E-state index in [4.69, 9.17) is 0 Å². The summed E-state index contributed by atoms with van der Waals surface area (Å²) in [5, 5.41) is 9.69. The Bertz CT molecular complexity index is 885. The van der Waals surface area contributed by atoms with Crippen molar-refractivity contribution >= 4 is 37.7 Å². The number of halogens is 1. The van der Waals surface area contributed by atoms with E-state index in [1.165, 1.54) is 24.4 Å². The highest BCUT2D eigenvalue weighted by molar-refractivity contribution is 9.10. The summed E-state index contributed by atoms with van der Waals surface area (Å²) in [6.45, 7) is 4.73. The number of hydrogen-bond acceptors (Lipinski definition) is 6. The Balaban J connectivity index is 2.34. The quantitative estimate of drug-likeness (QED) is 0.728. The van der Waals surface area contributed by atoms with E-state index in [0.29, 0.717) is 13.1 Å². The third-order valence-electron chi connectivity index (χ3n) is 3.40. The minimum atomic E-state index is -4.04. The molecule has 0 saturated heterocycles. The molecular weight excluding hydrogens is 412 g/mol. The van der Waals surface area contributed by atoms with Gasteiger partial charge in [-0.3, -0.25) is 9.52 Å². The first-order valence-corrected chi connectivity index (χ1v) is 9.69. The molecule has 0 bridgehead atoms. The van der Waals surface area contributed by atoms with Gasteiger partial charge >= 0.3 is 0 Å². The molecule has 0 radical (unpaired) electrons. The highest BCUT2D eigenvalue weighted by Crippen LogP contribution is 2.23. The summed E-state index contributed by atoms with van der Waals surface area (Å²) in [4.78, 5) is 21.3. The number of nitrogens with one attached hydrogen (secondary N) is 1. The summed E-state index contributed by atoms with van der Waals surface area (Å²) in [5.74, 6) is -1.12. The molecule has 1 aromatic heterocycles. The number of benzene rings is 1. The van der Waals surface area contributed by atoms with Crippen LogP contribution in [0.3, 0.4) is 0 Å². The van der Waals surface area contributed by atoms with Gasteiger partial charge in [0.25, 0.3) is 21.8 Å². The van der Waals surface area contributed by atoms with Crippen LogP contribution in [0.1, 0.15) is 24.2 Å². The Morgan fingerprint density at radius 2 is 2.00 bits per heavy atom. The molecule has 0 fully saturated rings. The third-order valence-corrected chi connectivity index (χ3v) is 5.12. The lowest BCUT2D eigenvalue weighted by Crippen LogP contribution is -2.30. The summed E-state index contributed by atoms with van der Waals surface area (Å²) in [6.07, 6.45) is 1.25. The Labute approximate surface area is 154 Å². The topological polar surface area (TPSA) is 112 Å². The lowest BCUT2D eigenvalue weighted by Gasteiger charge is -2.19. The number of rotatable bonds is 6. The fraction of sp³-hybridized carbons (Fsp3) is 0.267. The third kappa shape index (κ3) is 4.45. The minimum Gasteiger partial charge on any atom is -0.491 e. The number of carbonyl (C=O) groups is 1. The average molecular weight is 429 g/mol. The number of amides is 1. The molecule has 2 aromatic rings. The van der Waals surface area contributed by atoms with Gasteiger partial charge in [0.2, 0.25) is 5.82 Å². The van der Waals surface area contributed by atoms with E-state index in [0.717, 1.165) is 0 Å². The fourth-order valence-corrected chi connectivity index (χ4v) is 3.43. The van der Waals surface area contributed by atoms with E-state index < -0.39 is 15.9 Å². The molecule has 1 heterocycles. The second-order valence-corrected chi connectivity index (χ2v) is 7.47. The van der Waals surface area contributed by atoms with Crippen molar-refractivity contribution in [3.8, 4) is 5.88 Å². The largest absolute Gasteiger partial charge is 0.491 e. The SMILES string of the molecule is CCN(CC)C(=O)c1cccc(S(=O)(=O)Nc2ncc(Br)nc2O)c1. The van der Waals surface area contributed by atoms with Crippen molar-refractivity contribution in [2.45, 2.75) is 18.7 Å². The van der Waals surface area contributed by atoms with E-state index >= 15 is 0 Å². The number of aromatic nitrogens is 2. The molecule has 25 heavy (non-hydrogen) atoms. The molecule has 2 N–H and O–H groups in total. The monoisotopic (exact) mass is 428 g/mol. The number of hydrogen-bond donors (Lipinski definition) is 2. The first-order chi connectivity index (χ1) is 11.8. The van der Waals surface area contributed by atoms with Crippen LogP contribution >= 0.6 is 15.9 Å². The molecule has 1 amide bonds. The second kappa shape index (κ2) is 7.79. The standard InChI is InChI=1S/C15H17BrN4O4S/c1-3-20(4-2)15(22)10-6-5-7-11(8-10)25(23,24)19-13-14(21)18-12(16)9-17-13/h5-9H,3-4H2,1-2H3,(H,17,19)(H,18,21). The summed E-state index contributed by atoms with van der Waals surface area (Å²) < 4.78 is 27.4. The second-order valence-electron chi connectivity index (χ2n) is 4.98. The average Bonchev–Trinajstić information content (AvgIpc) is 2.58. The van der Waals surface area contributed by atoms with Crippen LogP contribution in [-0.2, 0) is 10.0 Å². The van der Waals surface area contributed by atoms with Gasteiger partial charge in [-0.1, -0.05) is 6.07 Å². The van der Waals surface area contributed by atoms with Crippen LogP contribution in [0, 0.1) is 0 Å². The zero-order valence-electron chi connectivity index (χ0n) is 13.6. The number of nitrogens with zero attached hydrogens (tertiary/aromatic N) is 3. The lowest BCUT2D eigenvalue weighted by molar-refractivity contribution is 0.0772. The molecule has 0 saturated carbocycles. The van der Waals surface area contributed by atoms with Crippen LogP contribution in [0.5, 0.6) is 5.88 Å². The number of aromatic hydroxyl groups is 1. The molecule has 0 aliphatic carbocycles. The van der Waals surface area contributed by atoms with Crippen LogP contribution in [0.15, 0.2) is 40.0 Å². The molecule has 0 aliphatic heterocycles. The first kappa shape index (κ1) is 19.1. The van der Waals surface area contributed by atoms with E-state index in [1.807, 2.05) is 13.8 Å². The van der Waals surface area contributed by atoms with Crippen LogP contribution in [0.25, 0.3) is 0 Å². The number of carbonyl (C=O) groups excluding carboxylic acids is 1. The number of sulfonamides is 1. The zero-order valence-corrected chi connectivity index (χ0v) is 16.0. The van der Waals surface area contributed by atoms with Gasteiger partial charge in [-0.2, -0.15) is 0 Å². The van der Waals surface area contributed by atoms with Gasteiger partial charge in [0.15, 0.2) is 0 Å². The van der Waals surface area contributed by atoms with Gasteiger partial charge < -0.3 is 10.0 Å².